The summed E-state index contributed by atoms with van der Waals surface area (Å²) in [6.45, 7) is 5.80. The molecule has 3 N–H and O–H groups in total. The molecule has 0 spiro atoms. The Morgan fingerprint density at radius 1 is 1.23 bits per heavy atom. The molecule has 3 atom stereocenters. The minimum absolute atomic E-state index is 0.0627. The lowest BCUT2D eigenvalue weighted by atomic mass is 9.93. The van der Waals surface area contributed by atoms with Crippen LogP contribution in [0.15, 0.2) is 47.4 Å². The van der Waals surface area contributed by atoms with Crippen LogP contribution in [0.2, 0.25) is 0 Å². The summed E-state index contributed by atoms with van der Waals surface area (Å²) < 4.78 is 51.1. The number of carbonyl (C=O) groups excluding carboxylic acids is 1. The van der Waals surface area contributed by atoms with Crippen molar-refractivity contribution in [3.63, 3.8) is 0 Å². The van der Waals surface area contributed by atoms with Gasteiger partial charge in [-0.05, 0) is 59.2 Å². The summed E-state index contributed by atoms with van der Waals surface area (Å²) >= 11 is 1.44. The third kappa shape index (κ3) is 9.70. The fourth-order valence-corrected chi connectivity index (χ4v) is 4.96. The number of aliphatic hydroxyl groups excluding tert-OH is 1. The summed E-state index contributed by atoms with van der Waals surface area (Å²) in [6.07, 6.45) is 0.945. The number of nitrogens with one attached hydrogen (secondary N) is 2. The van der Waals surface area contributed by atoms with E-state index in [9.17, 15) is 22.7 Å². The number of rotatable bonds is 13. The lowest BCUT2D eigenvalue weighted by molar-refractivity contribution is -0.120. The van der Waals surface area contributed by atoms with Crippen LogP contribution in [0.3, 0.4) is 0 Å². The monoisotopic (exact) mass is 640 g/mol. The van der Waals surface area contributed by atoms with E-state index in [4.69, 9.17) is 9.47 Å². The average molecular weight is 640 g/mol. The van der Waals surface area contributed by atoms with Crippen LogP contribution in [0.1, 0.15) is 33.6 Å². The first kappa shape index (κ1) is 29.5. The van der Waals surface area contributed by atoms with E-state index in [0.717, 1.165) is 0 Å². The van der Waals surface area contributed by atoms with Gasteiger partial charge in [-0.15, -0.1) is 0 Å². The molecule has 0 heterocycles. The Morgan fingerprint density at radius 3 is 2.54 bits per heavy atom. The highest BCUT2D eigenvalue weighted by Gasteiger charge is 2.24. The van der Waals surface area contributed by atoms with Gasteiger partial charge in [0.15, 0.2) is 0 Å². The highest BCUT2D eigenvalue weighted by atomic mass is 127. The molecule has 0 fully saturated rings. The second kappa shape index (κ2) is 13.0. The number of halogens is 2. The van der Waals surface area contributed by atoms with E-state index in [1.54, 1.807) is 6.92 Å². The standard InChI is InChI=1S/C23H31FIN2O6PS/c1-4-32-20-14-17(26-22(29)16(10-11-28)12-15(2)3)8-9-21(20)35(30,31)27-18-6-5-7-19(13-18)33-23(24,25)34/h5-9,13-16,27-28H,4,10-12,34H2,1-3H3,(H,26,29). The van der Waals surface area contributed by atoms with Crippen molar-refractivity contribution >= 4 is 59.1 Å². The van der Waals surface area contributed by atoms with E-state index in [-0.39, 0.29) is 53.0 Å². The zero-order chi connectivity index (χ0) is 26.2. The number of hydrogen-bond donors (Lipinski definition) is 3. The second-order valence-electron chi connectivity index (χ2n) is 8.22. The summed E-state index contributed by atoms with van der Waals surface area (Å²) in [6, 6.07) is 10.2. The van der Waals surface area contributed by atoms with Crippen molar-refractivity contribution in [3.05, 3.63) is 42.5 Å². The summed E-state index contributed by atoms with van der Waals surface area (Å²) in [5.74, 6) is -0.156. The molecule has 35 heavy (non-hydrogen) atoms. The third-order valence-electron chi connectivity index (χ3n) is 4.75. The third-order valence-corrected chi connectivity index (χ3v) is 6.50. The van der Waals surface area contributed by atoms with Gasteiger partial charge in [-0.3, -0.25) is 9.52 Å². The Hall–Kier alpha value is -1.69. The molecule has 2 aromatic carbocycles. The second-order valence-corrected chi connectivity index (χ2v) is 13.3. The summed E-state index contributed by atoms with van der Waals surface area (Å²) in [4.78, 5) is 12.6. The smallest absolute Gasteiger partial charge is 0.309 e. The van der Waals surface area contributed by atoms with Gasteiger partial charge in [-0.1, -0.05) is 19.9 Å². The molecule has 0 radical (unpaired) electrons. The number of carbonyl (C=O) groups is 1. The number of alkyl halides is 2. The van der Waals surface area contributed by atoms with Crippen LogP contribution in [0.25, 0.3) is 0 Å². The average Bonchev–Trinajstić information content (AvgIpc) is 2.72. The molecule has 0 aromatic heterocycles. The SMILES string of the molecule is CCOc1cc(NC(=O)C(CCO)CC(C)C)ccc1S(=O)(=O)Nc1cccc(OC(F)(P)I)c1. The Balaban J connectivity index is 2.28. The molecule has 0 saturated carbocycles. The molecule has 2 rings (SSSR count). The summed E-state index contributed by atoms with van der Waals surface area (Å²) in [7, 11) is -2.20. The minimum Gasteiger partial charge on any atom is -0.492 e. The van der Waals surface area contributed by atoms with Gasteiger partial charge in [0.05, 0.1) is 12.3 Å². The fourth-order valence-electron chi connectivity index (χ4n) is 3.39. The van der Waals surface area contributed by atoms with Crippen LogP contribution in [0.5, 0.6) is 11.5 Å². The Morgan fingerprint density at radius 2 is 1.94 bits per heavy atom. The van der Waals surface area contributed by atoms with Gasteiger partial charge >= 0.3 is 3.60 Å². The van der Waals surface area contributed by atoms with Crippen molar-refractivity contribution in [2.75, 3.05) is 23.3 Å². The Labute approximate surface area is 221 Å². The molecule has 2 aromatic rings. The van der Waals surface area contributed by atoms with Crippen LogP contribution in [0.4, 0.5) is 15.8 Å². The quantitative estimate of drug-likeness (QED) is 0.159. The molecule has 0 aliphatic heterocycles. The molecule has 12 heteroatoms. The molecule has 1 amide bonds. The molecule has 0 bridgehead atoms. The predicted molar refractivity (Wildman–Crippen MR) is 146 cm³/mol. The molecule has 194 valence electrons. The number of hydrogen-bond acceptors (Lipinski definition) is 6. The molecule has 0 aliphatic carbocycles. The molecule has 0 aliphatic rings. The minimum atomic E-state index is -4.09. The van der Waals surface area contributed by atoms with Crippen molar-refractivity contribution in [2.45, 2.75) is 42.1 Å². The van der Waals surface area contributed by atoms with E-state index < -0.39 is 13.6 Å². The van der Waals surface area contributed by atoms with E-state index in [0.29, 0.717) is 18.5 Å². The van der Waals surface area contributed by atoms with Gasteiger partial charge in [0, 0.05) is 52.9 Å². The largest absolute Gasteiger partial charge is 0.492 e. The zero-order valence-corrected chi connectivity index (χ0v) is 23.9. The van der Waals surface area contributed by atoms with Crippen molar-refractivity contribution in [1.29, 1.82) is 0 Å². The maximum absolute atomic E-state index is 13.8. The summed E-state index contributed by atoms with van der Waals surface area (Å²) in [5, 5.41) is 12.1. The maximum Gasteiger partial charge on any atom is 0.309 e. The topological polar surface area (TPSA) is 114 Å². The maximum atomic E-state index is 13.8. The number of ether oxygens (including phenoxy) is 2. The zero-order valence-electron chi connectivity index (χ0n) is 19.8. The number of sulfonamides is 1. The fraction of sp³-hybridized carbons (Fsp3) is 0.435. The van der Waals surface area contributed by atoms with Crippen LogP contribution in [-0.4, -0.2) is 36.2 Å². The predicted octanol–water partition coefficient (Wildman–Crippen LogP) is 5.14. The lowest BCUT2D eigenvalue weighted by Crippen LogP contribution is -2.25. The first-order chi connectivity index (χ1) is 16.3. The van der Waals surface area contributed by atoms with Crippen molar-refractivity contribution in [3.8, 4) is 11.5 Å². The molecule has 8 nitrogen and oxygen atoms in total. The number of aliphatic hydroxyl groups is 1. The van der Waals surface area contributed by atoms with E-state index in [1.807, 2.05) is 23.1 Å². The van der Waals surface area contributed by atoms with Crippen LogP contribution < -0.4 is 19.5 Å². The lowest BCUT2D eigenvalue weighted by Gasteiger charge is -2.19. The van der Waals surface area contributed by atoms with Gasteiger partial charge in [-0.2, -0.15) is 4.39 Å². The highest BCUT2D eigenvalue weighted by molar-refractivity contribution is 14.1. The first-order valence-electron chi connectivity index (χ1n) is 11.0. The Bertz CT molecular complexity index is 1110. The molecular formula is C23H31FIN2O6PS. The van der Waals surface area contributed by atoms with E-state index >= 15 is 0 Å². The number of benzene rings is 2. The summed E-state index contributed by atoms with van der Waals surface area (Å²) in [5.41, 5.74) is 0.551. The van der Waals surface area contributed by atoms with Gasteiger partial charge in [0.2, 0.25) is 5.91 Å². The Kier molecular flexibility index (Phi) is 11.0. The molecular weight excluding hydrogens is 609 g/mol. The van der Waals surface area contributed by atoms with Crippen molar-refractivity contribution in [2.24, 2.45) is 11.8 Å². The van der Waals surface area contributed by atoms with Crippen LogP contribution in [0, 0.1) is 11.8 Å². The van der Waals surface area contributed by atoms with Gasteiger partial charge in [-0.25, -0.2) is 8.42 Å². The normalized spacial score (nSPS) is 14.2. The van der Waals surface area contributed by atoms with E-state index in [2.05, 4.69) is 10.0 Å². The van der Waals surface area contributed by atoms with Crippen molar-refractivity contribution < 1.29 is 32.2 Å². The van der Waals surface area contributed by atoms with Crippen LogP contribution >= 0.6 is 31.8 Å². The van der Waals surface area contributed by atoms with Crippen molar-refractivity contribution in [1.82, 2.24) is 0 Å². The first-order valence-corrected chi connectivity index (χ1v) is 14.2. The molecule has 3 unspecified atom stereocenters. The van der Waals surface area contributed by atoms with Gasteiger partial charge in [0.1, 0.15) is 16.4 Å². The number of anilines is 2. The van der Waals surface area contributed by atoms with Gasteiger partial charge in [0.25, 0.3) is 10.0 Å². The van der Waals surface area contributed by atoms with E-state index in [1.165, 1.54) is 65.1 Å². The van der Waals surface area contributed by atoms with Crippen LogP contribution in [-0.2, 0) is 14.8 Å². The van der Waals surface area contributed by atoms with Gasteiger partial charge < -0.3 is 19.9 Å². The highest BCUT2D eigenvalue weighted by Crippen LogP contribution is 2.34. The number of amides is 1. The molecule has 0 saturated heterocycles.